The number of benzene rings is 1. The van der Waals surface area contributed by atoms with Gasteiger partial charge in [0.15, 0.2) is 0 Å². The first kappa shape index (κ1) is 18.7. The number of rotatable bonds is 7. The largest absolute Gasteiger partial charge is 0.467 e. The topological polar surface area (TPSA) is 77.1 Å². The molecular formula is C18H20ClN3O3S. The Morgan fingerprint density at radius 1 is 1.23 bits per heavy atom. The Balaban J connectivity index is 1.78. The number of nitrogens with one attached hydrogen (secondary N) is 1. The summed E-state index contributed by atoms with van der Waals surface area (Å²) in [5, 5.41) is 4.98. The molecule has 2 aromatic heterocycles. The molecule has 8 heteroatoms. The molecule has 0 fully saturated rings. The lowest BCUT2D eigenvalue weighted by Crippen LogP contribution is -2.32. The minimum absolute atomic E-state index is 0.137. The monoisotopic (exact) mass is 393 g/mol. The van der Waals surface area contributed by atoms with E-state index in [0.717, 1.165) is 11.4 Å². The van der Waals surface area contributed by atoms with Crippen molar-refractivity contribution in [3.8, 4) is 0 Å². The molecule has 0 radical (unpaired) electrons. The van der Waals surface area contributed by atoms with Gasteiger partial charge in [0, 0.05) is 17.3 Å². The van der Waals surface area contributed by atoms with Crippen molar-refractivity contribution < 1.29 is 12.8 Å². The summed E-state index contributed by atoms with van der Waals surface area (Å²) in [5.74, 6) is 0.497. The van der Waals surface area contributed by atoms with Crippen molar-refractivity contribution in [2.45, 2.75) is 25.6 Å². The van der Waals surface area contributed by atoms with Gasteiger partial charge < -0.3 is 4.42 Å². The van der Waals surface area contributed by atoms with E-state index in [1.807, 2.05) is 26.0 Å². The van der Waals surface area contributed by atoms with Crippen molar-refractivity contribution in [1.29, 1.82) is 0 Å². The first-order valence-corrected chi connectivity index (χ1v) is 10.1. The lowest BCUT2D eigenvalue weighted by molar-refractivity contribution is 0.396. The summed E-state index contributed by atoms with van der Waals surface area (Å²) in [6.45, 7) is 3.96. The number of nitrogens with zero attached hydrogens (tertiary/aromatic N) is 2. The zero-order chi connectivity index (χ0) is 18.7. The van der Waals surface area contributed by atoms with E-state index < -0.39 is 10.0 Å². The van der Waals surface area contributed by atoms with Crippen molar-refractivity contribution >= 4 is 21.6 Å². The molecule has 0 saturated carbocycles. The van der Waals surface area contributed by atoms with Gasteiger partial charge in [0.05, 0.1) is 17.7 Å². The third-order valence-corrected chi connectivity index (χ3v) is 5.51. The van der Waals surface area contributed by atoms with Crippen LogP contribution in [0.5, 0.6) is 0 Å². The van der Waals surface area contributed by atoms with Crippen LogP contribution in [0.3, 0.4) is 0 Å². The molecule has 1 unspecified atom stereocenters. The minimum atomic E-state index is -3.54. The molecule has 0 bridgehead atoms. The fourth-order valence-electron chi connectivity index (χ4n) is 2.85. The first-order chi connectivity index (χ1) is 12.3. The SMILES string of the molecule is Cc1cc(C)n(C(CNS(=O)(=O)Cc2cccc(Cl)c2)c2ccco2)n1. The first-order valence-electron chi connectivity index (χ1n) is 8.12. The van der Waals surface area contributed by atoms with Gasteiger partial charge in [0.25, 0.3) is 0 Å². The summed E-state index contributed by atoms with van der Waals surface area (Å²) >= 11 is 5.93. The van der Waals surface area contributed by atoms with Gasteiger partial charge in [-0.1, -0.05) is 23.7 Å². The van der Waals surface area contributed by atoms with Gasteiger partial charge in [-0.2, -0.15) is 5.10 Å². The summed E-state index contributed by atoms with van der Waals surface area (Å²) in [5.41, 5.74) is 2.42. The standard InChI is InChI=1S/C18H20ClN3O3S/c1-13-9-14(2)22(21-13)17(18-7-4-8-25-18)11-20-26(23,24)12-15-5-3-6-16(19)10-15/h3-10,17,20H,11-12H2,1-2H3. The van der Waals surface area contributed by atoms with Crippen LogP contribution in [0, 0.1) is 13.8 Å². The molecule has 138 valence electrons. The number of sulfonamides is 1. The summed E-state index contributed by atoms with van der Waals surface area (Å²) in [6, 6.07) is 12.0. The lowest BCUT2D eigenvalue weighted by Gasteiger charge is -2.18. The number of hydrogen-bond acceptors (Lipinski definition) is 4. The van der Waals surface area contributed by atoms with Gasteiger partial charge in [-0.15, -0.1) is 0 Å². The summed E-state index contributed by atoms with van der Waals surface area (Å²) in [6.07, 6.45) is 1.56. The number of furan rings is 1. The maximum absolute atomic E-state index is 12.5. The van der Waals surface area contributed by atoms with Gasteiger partial charge in [0.1, 0.15) is 11.8 Å². The third kappa shape index (κ3) is 4.55. The van der Waals surface area contributed by atoms with E-state index in [1.54, 1.807) is 41.3 Å². The Morgan fingerprint density at radius 2 is 2.04 bits per heavy atom. The van der Waals surface area contributed by atoms with Crippen LogP contribution < -0.4 is 4.72 Å². The summed E-state index contributed by atoms with van der Waals surface area (Å²) in [7, 11) is -3.54. The smallest absolute Gasteiger partial charge is 0.215 e. The highest BCUT2D eigenvalue weighted by molar-refractivity contribution is 7.88. The van der Waals surface area contributed by atoms with Gasteiger partial charge in [-0.3, -0.25) is 4.68 Å². The maximum atomic E-state index is 12.5. The summed E-state index contributed by atoms with van der Waals surface area (Å²) in [4.78, 5) is 0. The number of hydrogen-bond donors (Lipinski definition) is 1. The van der Waals surface area contributed by atoms with Gasteiger partial charge in [-0.25, -0.2) is 13.1 Å². The molecule has 2 heterocycles. The highest BCUT2D eigenvalue weighted by atomic mass is 35.5. The van der Waals surface area contributed by atoms with Gasteiger partial charge >= 0.3 is 0 Å². The van der Waals surface area contributed by atoms with E-state index in [9.17, 15) is 8.42 Å². The van der Waals surface area contributed by atoms with Crippen LogP contribution in [0.15, 0.2) is 53.1 Å². The molecule has 0 amide bonds. The Labute approximate surface area is 157 Å². The molecule has 0 aliphatic rings. The van der Waals surface area contributed by atoms with Crippen LogP contribution in [0.1, 0.15) is 28.8 Å². The highest BCUT2D eigenvalue weighted by Gasteiger charge is 2.22. The van der Waals surface area contributed by atoms with Crippen molar-refractivity contribution in [2.24, 2.45) is 0 Å². The van der Waals surface area contributed by atoms with Gasteiger partial charge in [0.2, 0.25) is 10.0 Å². The zero-order valence-corrected chi connectivity index (χ0v) is 16.1. The molecule has 1 atom stereocenters. The molecule has 0 aliphatic heterocycles. The second kappa shape index (κ2) is 7.65. The fraction of sp³-hybridized carbons (Fsp3) is 0.278. The van der Waals surface area contributed by atoms with E-state index >= 15 is 0 Å². The summed E-state index contributed by atoms with van der Waals surface area (Å²) < 4.78 is 34.9. The van der Waals surface area contributed by atoms with Crippen LogP contribution in [-0.2, 0) is 15.8 Å². The fourth-order valence-corrected chi connectivity index (χ4v) is 4.20. The van der Waals surface area contributed by atoms with E-state index in [1.165, 1.54) is 0 Å². The predicted octanol–water partition coefficient (Wildman–Crippen LogP) is 3.46. The normalized spacial score (nSPS) is 13.0. The molecule has 26 heavy (non-hydrogen) atoms. The molecule has 0 aliphatic carbocycles. The molecule has 0 saturated heterocycles. The average Bonchev–Trinajstić information content (AvgIpc) is 3.18. The van der Waals surface area contributed by atoms with Crippen molar-refractivity contribution in [1.82, 2.24) is 14.5 Å². The molecular weight excluding hydrogens is 374 g/mol. The molecule has 6 nitrogen and oxygen atoms in total. The minimum Gasteiger partial charge on any atom is -0.467 e. The van der Waals surface area contributed by atoms with Crippen LogP contribution in [0.4, 0.5) is 0 Å². The second-order valence-corrected chi connectivity index (χ2v) is 8.38. The Kier molecular flexibility index (Phi) is 5.50. The molecule has 1 aromatic carbocycles. The van der Waals surface area contributed by atoms with Gasteiger partial charge in [-0.05, 0) is 49.7 Å². The van der Waals surface area contributed by atoms with E-state index in [-0.39, 0.29) is 18.3 Å². The second-order valence-electron chi connectivity index (χ2n) is 6.14. The van der Waals surface area contributed by atoms with Crippen molar-refractivity contribution in [3.05, 3.63) is 76.5 Å². The average molecular weight is 394 g/mol. The van der Waals surface area contributed by atoms with E-state index in [4.69, 9.17) is 16.0 Å². The van der Waals surface area contributed by atoms with Crippen LogP contribution >= 0.6 is 11.6 Å². The van der Waals surface area contributed by atoms with Crippen LogP contribution in [0.25, 0.3) is 0 Å². The predicted molar refractivity (Wildman–Crippen MR) is 101 cm³/mol. The number of aryl methyl sites for hydroxylation is 2. The Bertz CT molecular complexity index is 981. The number of halogens is 1. The van der Waals surface area contributed by atoms with Crippen molar-refractivity contribution in [2.75, 3.05) is 6.54 Å². The van der Waals surface area contributed by atoms with Crippen LogP contribution in [-0.4, -0.2) is 24.7 Å². The van der Waals surface area contributed by atoms with Crippen LogP contribution in [0.2, 0.25) is 5.02 Å². The molecule has 0 spiro atoms. The van der Waals surface area contributed by atoms with E-state index in [2.05, 4.69) is 9.82 Å². The molecule has 3 aromatic rings. The molecule has 3 rings (SSSR count). The Morgan fingerprint density at radius 3 is 2.65 bits per heavy atom. The van der Waals surface area contributed by atoms with Crippen molar-refractivity contribution in [3.63, 3.8) is 0 Å². The lowest BCUT2D eigenvalue weighted by atomic mass is 10.2. The zero-order valence-electron chi connectivity index (χ0n) is 14.5. The molecule has 1 N–H and O–H groups in total. The van der Waals surface area contributed by atoms with E-state index in [0.29, 0.717) is 16.3 Å². The quantitative estimate of drug-likeness (QED) is 0.666. The maximum Gasteiger partial charge on any atom is 0.215 e. The number of aromatic nitrogens is 2. The highest BCUT2D eigenvalue weighted by Crippen LogP contribution is 2.21. The third-order valence-electron chi connectivity index (χ3n) is 3.95. The Hall–Kier alpha value is -2.09.